The van der Waals surface area contributed by atoms with Crippen molar-refractivity contribution in [3.8, 4) is 0 Å². The quantitative estimate of drug-likeness (QED) is 0.553. The summed E-state index contributed by atoms with van der Waals surface area (Å²) in [5.74, 6) is -0.385. The number of hydrogen-bond donors (Lipinski definition) is 1. The number of nitrogens with one attached hydrogen (secondary N) is 1. The van der Waals surface area contributed by atoms with Crippen molar-refractivity contribution in [3.63, 3.8) is 0 Å². The lowest BCUT2D eigenvalue weighted by Gasteiger charge is -2.26. The van der Waals surface area contributed by atoms with Gasteiger partial charge in [-0.15, -0.1) is 0 Å². The number of carbonyl (C=O) groups excluding carboxylic acids is 2. The largest absolute Gasteiger partial charge is 0.385 e. The number of rotatable bonds is 8. The molecule has 2 aromatic carbocycles. The molecular weight excluding hydrogens is 312 g/mol. The molecule has 3 rings (SSSR count). The zero-order valence-electron chi connectivity index (χ0n) is 15.1. The number of unbranched alkanes of at least 4 members (excludes halogenated alkanes) is 4. The number of nitrogens with zero attached hydrogens (tertiary/aromatic N) is 1. The van der Waals surface area contributed by atoms with Gasteiger partial charge in [0.25, 0.3) is 11.8 Å². The van der Waals surface area contributed by atoms with Gasteiger partial charge in [-0.1, -0.05) is 44.7 Å². The highest BCUT2D eigenvalue weighted by Gasteiger charge is 2.32. The minimum Gasteiger partial charge on any atom is -0.385 e. The second kappa shape index (κ2) is 7.68. The Morgan fingerprint density at radius 3 is 2.32 bits per heavy atom. The average Bonchev–Trinajstić information content (AvgIpc) is 2.63. The molecule has 4 nitrogen and oxygen atoms in total. The fraction of sp³-hybridized carbons (Fsp3) is 0.429. The predicted octanol–water partition coefficient (Wildman–Crippen LogP) is 4.84. The molecule has 0 fully saturated rings. The summed E-state index contributed by atoms with van der Waals surface area (Å²) in [5.41, 5.74) is 2.25. The van der Waals surface area contributed by atoms with Crippen molar-refractivity contribution in [1.29, 1.82) is 0 Å². The third-order valence-corrected chi connectivity index (χ3v) is 4.90. The van der Waals surface area contributed by atoms with Crippen molar-refractivity contribution in [2.45, 2.75) is 46.0 Å². The average molecular weight is 338 g/mol. The molecule has 0 unspecified atom stereocenters. The molecule has 2 aromatic rings. The Kier molecular flexibility index (Phi) is 5.37. The molecule has 0 spiro atoms. The maximum atomic E-state index is 12.6. The second-order valence-electron chi connectivity index (χ2n) is 6.58. The number of hydrogen-bond acceptors (Lipinski definition) is 3. The number of amides is 2. The van der Waals surface area contributed by atoms with Gasteiger partial charge in [-0.2, -0.15) is 0 Å². The van der Waals surface area contributed by atoms with E-state index in [1.165, 1.54) is 30.6 Å². The van der Waals surface area contributed by atoms with E-state index in [4.69, 9.17) is 0 Å². The van der Waals surface area contributed by atoms with Gasteiger partial charge in [-0.05, 0) is 31.5 Å². The van der Waals surface area contributed by atoms with E-state index in [1.54, 1.807) is 0 Å². The summed E-state index contributed by atoms with van der Waals surface area (Å²) < 4.78 is 0. The molecular formula is C21H26N2O2. The Labute approximate surface area is 149 Å². The molecule has 0 saturated carbocycles. The van der Waals surface area contributed by atoms with Crippen LogP contribution >= 0.6 is 0 Å². The van der Waals surface area contributed by atoms with Crippen LogP contribution in [0.2, 0.25) is 0 Å². The predicted molar refractivity (Wildman–Crippen MR) is 102 cm³/mol. The van der Waals surface area contributed by atoms with Gasteiger partial charge < -0.3 is 5.32 Å². The van der Waals surface area contributed by atoms with E-state index in [1.807, 2.05) is 37.3 Å². The van der Waals surface area contributed by atoms with Crippen molar-refractivity contribution < 1.29 is 9.59 Å². The summed E-state index contributed by atoms with van der Waals surface area (Å²) in [4.78, 5) is 26.5. The van der Waals surface area contributed by atoms with E-state index >= 15 is 0 Å². The minimum atomic E-state index is -0.192. The first-order chi connectivity index (χ1) is 12.2. The van der Waals surface area contributed by atoms with Crippen LogP contribution in [0.25, 0.3) is 10.8 Å². The zero-order chi connectivity index (χ0) is 17.8. The lowest BCUT2D eigenvalue weighted by atomic mass is 9.93. The summed E-state index contributed by atoms with van der Waals surface area (Å²) in [5, 5.41) is 5.24. The van der Waals surface area contributed by atoms with Crippen LogP contribution in [0, 0.1) is 0 Å². The molecule has 25 heavy (non-hydrogen) atoms. The lowest BCUT2D eigenvalue weighted by Crippen LogP contribution is -2.40. The van der Waals surface area contributed by atoms with Crippen molar-refractivity contribution in [2.24, 2.45) is 0 Å². The van der Waals surface area contributed by atoms with Crippen LogP contribution in [-0.4, -0.2) is 29.8 Å². The van der Waals surface area contributed by atoms with E-state index in [0.29, 0.717) is 17.7 Å². The third kappa shape index (κ3) is 3.26. The molecule has 0 aliphatic carbocycles. The Morgan fingerprint density at radius 2 is 1.60 bits per heavy atom. The van der Waals surface area contributed by atoms with Gasteiger partial charge in [-0.25, -0.2) is 0 Å². The maximum Gasteiger partial charge on any atom is 0.261 e. The molecule has 1 aliphatic heterocycles. The molecule has 4 heteroatoms. The summed E-state index contributed by atoms with van der Waals surface area (Å²) in [6, 6.07) is 9.52. The highest BCUT2D eigenvalue weighted by atomic mass is 16.2. The van der Waals surface area contributed by atoms with Crippen molar-refractivity contribution in [1.82, 2.24) is 4.90 Å². The van der Waals surface area contributed by atoms with E-state index in [2.05, 4.69) is 12.2 Å². The van der Waals surface area contributed by atoms with E-state index in [-0.39, 0.29) is 11.8 Å². The topological polar surface area (TPSA) is 49.4 Å². The second-order valence-corrected chi connectivity index (χ2v) is 6.58. The van der Waals surface area contributed by atoms with Crippen LogP contribution in [0.5, 0.6) is 0 Å². The fourth-order valence-corrected chi connectivity index (χ4v) is 3.54. The van der Waals surface area contributed by atoms with Gasteiger partial charge in [0.05, 0.1) is 0 Å². The highest BCUT2D eigenvalue weighted by Crippen LogP contribution is 2.34. The Hall–Kier alpha value is -2.36. The van der Waals surface area contributed by atoms with Crippen molar-refractivity contribution >= 4 is 28.3 Å². The number of carbonyl (C=O) groups is 2. The van der Waals surface area contributed by atoms with E-state index < -0.39 is 0 Å². The third-order valence-electron chi connectivity index (χ3n) is 4.90. The molecule has 0 bridgehead atoms. The van der Waals surface area contributed by atoms with Crippen LogP contribution < -0.4 is 5.32 Å². The van der Waals surface area contributed by atoms with Crippen LogP contribution in [0.1, 0.15) is 66.7 Å². The van der Waals surface area contributed by atoms with Crippen molar-refractivity contribution in [3.05, 3.63) is 41.5 Å². The zero-order valence-corrected chi connectivity index (χ0v) is 15.1. The molecule has 0 saturated heterocycles. The van der Waals surface area contributed by atoms with Gasteiger partial charge >= 0.3 is 0 Å². The van der Waals surface area contributed by atoms with E-state index in [0.717, 1.165) is 29.4 Å². The molecule has 1 aliphatic rings. The summed E-state index contributed by atoms with van der Waals surface area (Å²) in [6.07, 6.45) is 6.17. The van der Waals surface area contributed by atoms with Crippen LogP contribution in [0.4, 0.5) is 5.69 Å². The molecule has 1 N–H and O–H groups in total. The summed E-state index contributed by atoms with van der Waals surface area (Å²) >= 11 is 0. The van der Waals surface area contributed by atoms with Crippen molar-refractivity contribution in [2.75, 3.05) is 18.4 Å². The van der Waals surface area contributed by atoms with Gasteiger partial charge in [0.1, 0.15) is 0 Å². The number of benzene rings is 2. The summed E-state index contributed by atoms with van der Waals surface area (Å²) in [7, 11) is 0. The van der Waals surface area contributed by atoms with Crippen LogP contribution in [0.15, 0.2) is 30.3 Å². The number of imide groups is 1. The van der Waals surface area contributed by atoms with Gasteiger partial charge in [-0.3, -0.25) is 14.5 Å². The van der Waals surface area contributed by atoms with E-state index in [9.17, 15) is 9.59 Å². The minimum absolute atomic E-state index is 0.192. The molecule has 132 valence electrons. The van der Waals surface area contributed by atoms with Gasteiger partial charge in [0.15, 0.2) is 0 Å². The first-order valence-electron chi connectivity index (χ1n) is 9.34. The standard InChI is InChI=1S/C21H26N2O2/c1-3-5-6-7-8-14-22-18-13-12-17-19-15(18)10-9-11-16(19)20(24)23(4-2)21(17)25/h9-13,22H,3-8,14H2,1-2H3. The lowest BCUT2D eigenvalue weighted by molar-refractivity contribution is 0.0619. The number of anilines is 1. The maximum absolute atomic E-state index is 12.6. The Bertz CT molecular complexity index is 776. The van der Waals surface area contributed by atoms with Crippen LogP contribution in [-0.2, 0) is 0 Å². The molecule has 0 aromatic heterocycles. The Balaban J connectivity index is 1.87. The molecule has 0 atom stereocenters. The monoisotopic (exact) mass is 338 g/mol. The van der Waals surface area contributed by atoms with Gasteiger partial charge in [0.2, 0.25) is 0 Å². The van der Waals surface area contributed by atoms with Gasteiger partial charge in [0, 0.05) is 40.7 Å². The highest BCUT2D eigenvalue weighted by molar-refractivity contribution is 6.26. The fourth-order valence-electron chi connectivity index (χ4n) is 3.54. The SMILES string of the molecule is CCCCCCCNc1ccc2c3c(cccc13)C(=O)N(CC)C2=O. The normalized spacial score (nSPS) is 13.6. The molecule has 1 heterocycles. The Morgan fingerprint density at radius 1 is 0.880 bits per heavy atom. The first kappa shape index (κ1) is 17.5. The molecule has 0 radical (unpaired) electrons. The summed E-state index contributed by atoms with van der Waals surface area (Å²) in [6.45, 7) is 5.35. The first-order valence-corrected chi connectivity index (χ1v) is 9.34. The molecule has 2 amide bonds. The van der Waals surface area contributed by atoms with Crippen LogP contribution in [0.3, 0.4) is 0 Å². The smallest absolute Gasteiger partial charge is 0.261 e.